The van der Waals surface area contributed by atoms with Gasteiger partial charge in [0.25, 0.3) is 5.91 Å². The van der Waals surface area contributed by atoms with E-state index in [1.807, 2.05) is 55.6 Å². The lowest BCUT2D eigenvalue weighted by Gasteiger charge is -2.26. The summed E-state index contributed by atoms with van der Waals surface area (Å²) in [5.41, 5.74) is 5.84. The highest BCUT2D eigenvalue weighted by Crippen LogP contribution is 2.30. The quantitative estimate of drug-likeness (QED) is 0.0859. The predicted octanol–water partition coefficient (Wildman–Crippen LogP) is 6.40. The van der Waals surface area contributed by atoms with Gasteiger partial charge in [-0.3, -0.25) is 14.4 Å². The average Bonchev–Trinajstić information content (AvgIpc) is 3.94. The molecule has 2 aromatic heterocycles. The SMILES string of the molecule is CCCN(Cc1nc(-c2ccc(-c3ccc4cc(-c5c[nH]c(CN(CC(C)=O)C(=O)C(NC(=O)OC)c6ccccc6)n5)ccc4c3)cc2)c[nH]1)C(=O)CNC(=O)OC. The number of methoxy groups -OCH3 is 2. The number of H-pyrrole nitrogens is 2. The second-order valence-electron chi connectivity index (χ2n) is 13.9. The molecule has 59 heavy (non-hydrogen) atoms. The zero-order chi connectivity index (χ0) is 41.9. The van der Waals surface area contributed by atoms with Crippen molar-refractivity contribution >= 4 is 40.6 Å². The van der Waals surface area contributed by atoms with Crippen molar-refractivity contribution < 1.29 is 33.4 Å². The standard InChI is InChI=1S/C44H46N8O7/c1-5-19-51(40(54)24-47-43(56)58-3)26-38-45-22-36(48-38)30-13-11-29(12-14-30)32-15-16-34-21-35(18-17-33(34)20-32)37-23-46-39(49-37)27-52(25-28(2)53)42(55)41(50-44(57)59-4)31-9-7-6-8-10-31/h6-18,20-23,41H,5,19,24-27H2,1-4H3,(H,45,48)(H,46,49)(H,47,56)(H,50,57). The fourth-order valence-corrected chi connectivity index (χ4v) is 6.63. The van der Waals surface area contributed by atoms with Crippen LogP contribution in [0.4, 0.5) is 9.59 Å². The minimum atomic E-state index is -1.07. The second-order valence-corrected chi connectivity index (χ2v) is 13.9. The third-order valence-electron chi connectivity index (χ3n) is 9.56. The predicted molar refractivity (Wildman–Crippen MR) is 221 cm³/mol. The van der Waals surface area contributed by atoms with Crippen molar-refractivity contribution in [3.8, 4) is 33.6 Å². The van der Waals surface area contributed by atoms with Crippen LogP contribution in [-0.2, 0) is 36.9 Å². The third-order valence-corrected chi connectivity index (χ3v) is 9.56. The summed E-state index contributed by atoms with van der Waals surface area (Å²) in [5, 5.41) is 7.08. The molecule has 0 aliphatic rings. The van der Waals surface area contributed by atoms with Crippen LogP contribution in [0.2, 0.25) is 0 Å². The smallest absolute Gasteiger partial charge is 0.407 e. The first-order chi connectivity index (χ1) is 28.5. The van der Waals surface area contributed by atoms with Crippen LogP contribution in [0.15, 0.2) is 103 Å². The van der Waals surface area contributed by atoms with Crippen LogP contribution in [0.1, 0.15) is 43.5 Å². The topological polar surface area (TPSA) is 192 Å². The maximum Gasteiger partial charge on any atom is 0.407 e. The highest BCUT2D eigenvalue weighted by atomic mass is 16.5. The Morgan fingerprint density at radius 2 is 1.25 bits per heavy atom. The Morgan fingerprint density at radius 1 is 0.695 bits per heavy atom. The lowest BCUT2D eigenvalue weighted by atomic mass is 9.98. The van der Waals surface area contributed by atoms with Crippen molar-refractivity contribution in [2.24, 2.45) is 0 Å². The number of carbonyl (C=O) groups is 5. The van der Waals surface area contributed by atoms with Crippen LogP contribution in [0.25, 0.3) is 44.4 Å². The Bertz CT molecular complexity index is 2430. The second kappa shape index (κ2) is 19.2. The lowest BCUT2D eigenvalue weighted by molar-refractivity contribution is -0.137. The van der Waals surface area contributed by atoms with Crippen LogP contribution in [-0.4, -0.2) is 93.4 Å². The maximum absolute atomic E-state index is 13.8. The molecular formula is C44H46N8O7. The first kappa shape index (κ1) is 41.3. The van der Waals surface area contributed by atoms with Crippen LogP contribution in [0.3, 0.4) is 0 Å². The molecule has 1 unspecified atom stereocenters. The summed E-state index contributed by atoms with van der Waals surface area (Å²) >= 11 is 0. The van der Waals surface area contributed by atoms with E-state index in [0.29, 0.717) is 29.5 Å². The molecule has 0 spiro atoms. The van der Waals surface area contributed by atoms with Gasteiger partial charge in [0.05, 0.1) is 45.2 Å². The molecule has 0 saturated carbocycles. The van der Waals surface area contributed by atoms with Gasteiger partial charge in [-0.15, -0.1) is 0 Å². The number of nitrogens with one attached hydrogen (secondary N) is 4. The third kappa shape index (κ3) is 10.6. The molecule has 0 aliphatic carbocycles. The van der Waals surface area contributed by atoms with E-state index in [4.69, 9.17) is 14.7 Å². The van der Waals surface area contributed by atoms with Crippen molar-refractivity contribution in [2.45, 2.75) is 39.4 Å². The van der Waals surface area contributed by atoms with E-state index in [0.717, 1.165) is 45.1 Å². The molecule has 0 aliphatic heterocycles. The van der Waals surface area contributed by atoms with Gasteiger partial charge in [0.2, 0.25) is 5.91 Å². The van der Waals surface area contributed by atoms with Gasteiger partial charge in [-0.05, 0) is 52.9 Å². The number of hydrogen-bond acceptors (Lipinski definition) is 9. The van der Waals surface area contributed by atoms with Crippen molar-refractivity contribution in [1.82, 2.24) is 40.4 Å². The number of ketones is 1. The number of rotatable bonds is 16. The molecule has 0 radical (unpaired) electrons. The van der Waals surface area contributed by atoms with Crippen LogP contribution >= 0.6 is 0 Å². The van der Waals surface area contributed by atoms with Gasteiger partial charge in [0.1, 0.15) is 30.0 Å². The normalized spacial score (nSPS) is 11.4. The number of alkyl carbamates (subject to hydrolysis) is 2. The van der Waals surface area contributed by atoms with Gasteiger partial charge in [-0.2, -0.15) is 0 Å². The number of carbonyl (C=O) groups excluding carboxylic acids is 5. The molecule has 15 heteroatoms. The molecule has 4 amide bonds. The summed E-state index contributed by atoms with van der Waals surface area (Å²) in [4.78, 5) is 81.2. The summed E-state index contributed by atoms with van der Waals surface area (Å²) < 4.78 is 9.33. The Morgan fingerprint density at radius 3 is 1.86 bits per heavy atom. The number of amides is 4. The van der Waals surface area contributed by atoms with Gasteiger partial charge < -0.3 is 39.9 Å². The molecular weight excluding hydrogens is 753 g/mol. The van der Waals surface area contributed by atoms with Crippen molar-refractivity contribution in [3.05, 3.63) is 121 Å². The number of aromatic amines is 2. The molecule has 4 aromatic carbocycles. The Kier molecular flexibility index (Phi) is 13.5. The highest BCUT2D eigenvalue weighted by molar-refractivity contribution is 5.92. The van der Waals surface area contributed by atoms with E-state index >= 15 is 0 Å². The van der Waals surface area contributed by atoms with Gasteiger partial charge in [-0.25, -0.2) is 19.6 Å². The molecule has 15 nitrogen and oxygen atoms in total. The molecule has 6 aromatic rings. The van der Waals surface area contributed by atoms with Gasteiger partial charge in [-0.1, -0.05) is 85.8 Å². The molecule has 1 atom stereocenters. The summed E-state index contributed by atoms with van der Waals surface area (Å²) in [5.74, 6) is 0.180. The van der Waals surface area contributed by atoms with Crippen molar-refractivity contribution in [3.63, 3.8) is 0 Å². The molecule has 0 saturated heterocycles. The first-order valence-corrected chi connectivity index (χ1v) is 19.1. The highest BCUT2D eigenvalue weighted by Gasteiger charge is 2.29. The summed E-state index contributed by atoms with van der Waals surface area (Å²) in [6.07, 6.45) is 2.90. The van der Waals surface area contributed by atoms with E-state index in [1.165, 1.54) is 26.0 Å². The van der Waals surface area contributed by atoms with Gasteiger partial charge in [0, 0.05) is 30.1 Å². The number of imidazole rings is 2. The zero-order valence-electron chi connectivity index (χ0n) is 33.3. The number of fused-ring (bicyclic) bond motifs is 1. The molecule has 6 rings (SSSR count). The molecule has 4 N–H and O–H groups in total. The van der Waals surface area contributed by atoms with E-state index in [-0.39, 0.29) is 37.9 Å². The van der Waals surface area contributed by atoms with E-state index in [1.54, 1.807) is 41.4 Å². The lowest BCUT2D eigenvalue weighted by Crippen LogP contribution is -2.44. The maximum atomic E-state index is 13.8. The van der Waals surface area contributed by atoms with E-state index in [2.05, 4.69) is 43.5 Å². The molecule has 2 heterocycles. The molecule has 0 bridgehead atoms. The fourth-order valence-electron chi connectivity index (χ4n) is 6.63. The largest absolute Gasteiger partial charge is 0.453 e. The van der Waals surface area contributed by atoms with Crippen molar-refractivity contribution in [2.75, 3.05) is 33.9 Å². The molecule has 304 valence electrons. The van der Waals surface area contributed by atoms with Crippen LogP contribution in [0.5, 0.6) is 0 Å². The zero-order valence-corrected chi connectivity index (χ0v) is 33.3. The van der Waals surface area contributed by atoms with Gasteiger partial charge >= 0.3 is 12.2 Å². The number of benzene rings is 4. The Labute approximate surface area is 341 Å². The average molecular weight is 799 g/mol. The minimum absolute atomic E-state index is 0.0118. The van der Waals surface area contributed by atoms with Crippen LogP contribution in [0, 0.1) is 0 Å². The Hall–Kier alpha value is -7.29. The van der Waals surface area contributed by atoms with Crippen LogP contribution < -0.4 is 10.6 Å². The number of hydrogen-bond donors (Lipinski definition) is 4. The number of aromatic nitrogens is 4. The van der Waals surface area contributed by atoms with E-state index < -0.39 is 24.1 Å². The summed E-state index contributed by atoms with van der Waals surface area (Å²) in [6.45, 7) is 3.86. The van der Waals surface area contributed by atoms with Gasteiger partial charge in [0.15, 0.2) is 0 Å². The Balaban J connectivity index is 1.13. The first-order valence-electron chi connectivity index (χ1n) is 19.1. The monoisotopic (exact) mass is 798 g/mol. The minimum Gasteiger partial charge on any atom is -0.453 e. The van der Waals surface area contributed by atoms with Crippen molar-refractivity contribution in [1.29, 1.82) is 0 Å². The number of ether oxygens (including phenoxy) is 2. The number of Topliss-reactive ketones (excluding diaryl/α,β-unsaturated/α-hetero) is 1. The molecule has 0 fully saturated rings. The summed E-state index contributed by atoms with van der Waals surface area (Å²) in [6, 6.07) is 28.1. The van der Waals surface area contributed by atoms with E-state index in [9.17, 15) is 24.0 Å². The number of nitrogens with zero attached hydrogens (tertiary/aromatic N) is 4. The summed E-state index contributed by atoms with van der Waals surface area (Å²) in [7, 11) is 2.47. The fraction of sp³-hybridized carbons (Fsp3) is 0.250.